The number of carbonyl (C=O) groups is 1. The first-order valence-corrected chi connectivity index (χ1v) is 7.64. The van der Waals surface area contributed by atoms with Crippen molar-refractivity contribution in [3.05, 3.63) is 10.6 Å². The van der Waals surface area contributed by atoms with Crippen LogP contribution in [0.5, 0.6) is 0 Å². The van der Waals surface area contributed by atoms with Crippen molar-refractivity contribution in [1.29, 1.82) is 0 Å². The zero-order valence-corrected chi connectivity index (χ0v) is 12.9. The number of thiazole rings is 1. The van der Waals surface area contributed by atoms with E-state index in [1.807, 2.05) is 6.92 Å². The molecule has 0 aromatic carbocycles. The van der Waals surface area contributed by atoms with Gasteiger partial charge in [0.25, 0.3) is 0 Å². The Bertz CT molecular complexity index is 458. The molecular weight excluding hydrogens is 260 g/mol. The summed E-state index contributed by atoms with van der Waals surface area (Å²) in [5.41, 5.74) is 0.766. The maximum Gasteiger partial charge on any atom is 0.350 e. The largest absolute Gasteiger partial charge is 0.465 e. The van der Waals surface area contributed by atoms with Crippen LogP contribution in [-0.2, 0) is 4.74 Å². The van der Waals surface area contributed by atoms with Crippen molar-refractivity contribution >= 4 is 22.4 Å². The summed E-state index contributed by atoms with van der Waals surface area (Å²) in [5, 5.41) is 0.927. The van der Waals surface area contributed by atoms with E-state index < -0.39 is 0 Å². The summed E-state index contributed by atoms with van der Waals surface area (Å²) in [6, 6.07) is 0.532. The summed E-state index contributed by atoms with van der Waals surface area (Å²) in [4.78, 5) is 19.0. The van der Waals surface area contributed by atoms with Crippen LogP contribution in [0, 0.1) is 12.8 Å². The first-order valence-electron chi connectivity index (χ1n) is 6.83. The number of nitrogens with zero attached hydrogens (tertiary/aromatic N) is 2. The number of hydrogen-bond donors (Lipinski definition) is 0. The highest BCUT2D eigenvalue weighted by atomic mass is 32.1. The number of hydrogen-bond acceptors (Lipinski definition) is 5. The standard InChI is InChI=1S/C14H22N2O2S/c1-9-7-5-6-8-11(9)16(3)14-15-10(2)12(19-14)13(17)18-4/h9,11H,5-8H2,1-4H3. The molecule has 1 aromatic heterocycles. The van der Waals surface area contributed by atoms with E-state index in [0.717, 1.165) is 10.8 Å². The van der Waals surface area contributed by atoms with E-state index >= 15 is 0 Å². The van der Waals surface area contributed by atoms with Gasteiger partial charge in [0.1, 0.15) is 4.88 Å². The molecule has 1 fully saturated rings. The quantitative estimate of drug-likeness (QED) is 0.798. The van der Waals surface area contributed by atoms with Gasteiger partial charge in [-0.25, -0.2) is 9.78 Å². The van der Waals surface area contributed by atoms with Crippen molar-refractivity contribution in [2.45, 2.75) is 45.6 Å². The molecule has 1 aliphatic rings. The lowest BCUT2D eigenvalue weighted by molar-refractivity contribution is 0.0605. The molecule has 0 amide bonds. The van der Waals surface area contributed by atoms with E-state index in [2.05, 4.69) is 23.9 Å². The number of aromatic nitrogens is 1. The second-order valence-corrected chi connectivity index (χ2v) is 6.32. The van der Waals surface area contributed by atoms with Gasteiger partial charge >= 0.3 is 5.97 Å². The molecule has 0 N–H and O–H groups in total. The smallest absolute Gasteiger partial charge is 0.350 e. The van der Waals surface area contributed by atoms with Gasteiger partial charge in [0, 0.05) is 13.1 Å². The molecule has 106 valence electrons. The number of carbonyl (C=O) groups excluding carboxylic acids is 1. The van der Waals surface area contributed by atoms with Gasteiger partial charge in [-0.2, -0.15) is 0 Å². The number of rotatable bonds is 3. The second kappa shape index (κ2) is 5.90. The Morgan fingerprint density at radius 2 is 2.11 bits per heavy atom. The lowest BCUT2D eigenvalue weighted by Crippen LogP contribution is -2.38. The molecular formula is C14H22N2O2S. The Morgan fingerprint density at radius 3 is 2.74 bits per heavy atom. The third-order valence-electron chi connectivity index (χ3n) is 4.02. The molecule has 2 unspecified atom stereocenters. The van der Waals surface area contributed by atoms with E-state index in [4.69, 9.17) is 4.74 Å². The Hall–Kier alpha value is -1.10. The van der Waals surface area contributed by atoms with E-state index in [1.54, 1.807) is 0 Å². The summed E-state index contributed by atoms with van der Waals surface area (Å²) in [6.45, 7) is 4.17. The van der Waals surface area contributed by atoms with Gasteiger partial charge in [0.2, 0.25) is 0 Å². The van der Waals surface area contributed by atoms with Gasteiger partial charge in [0.05, 0.1) is 12.8 Å². The first-order chi connectivity index (χ1) is 9.04. The topological polar surface area (TPSA) is 42.4 Å². The third kappa shape index (κ3) is 2.91. The molecule has 1 heterocycles. The molecule has 0 saturated heterocycles. The molecule has 0 aliphatic heterocycles. The molecule has 0 spiro atoms. The Kier molecular flexibility index (Phi) is 4.45. The molecule has 2 rings (SSSR count). The highest BCUT2D eigenvalue weighted by Crippen LogP contribution is 2.33. The number of anilines is 1. The van der Waals surface area contributed by atoms with Crippen LogP contribution in [-0.4, -0.2) is 31.2 Å². The number of ether oxygens (including phenoxy) is 1. The third-order valence-corrected chi connectivity index (χ3v) is 5.25. The zero-order valence-electron chi connectivity index (χ0n) is 12.1. The van der Waals surface area contributed by atoms with E-state index in [1.165, 1.54) is 44.1 Å². The maximum absolute atomic E-state index is 11.6. The minimum atomic E-state index is -0.286. The van der Waals surface area contributed by atoms with E-state index in [-0.39, 0.29) is 5.97 Å². The van der Waals surface area contributed by atoms with Crippen molar-refractivity contribution in [3.63, 3.8) is 0 Å². The summed E-state index contributed by atoms with van der Waals surface area (Å²) < 4.78 is 4.79. The van der Waals surface area contributed by atoms with Gasteiger partial charge in [-0.15, -0.1) is 0 Å². The van der Waals surface area contributed by atoms with E-state index in [9.17, 15) is 4.79 Å². The molecule has 5 heteroatoms. The fourth-order valence-corrected chi connectivity index (χ4v) is 3.83. The highest BCUT2D eigenvalue weighted by Gasteiger charge is 2.28. The van der Waals surface area contributed by atoms with Crippen LogP contribution in [0.15, 0.2) is 0 Å². The molecule has 19 heavy (non-hydrogen) atoms. The summed E-state index contributed by atoms with van der Waals surface area (Å²) >= 11 is 1.44. The fourth-order valence-electron chi connectivity index (χ4n) is 2.83. The van der Waals surface area contributed by atoms with Gasteiger partial charge in [-0.1, -0.05) is 31.1 Å². The van der Waals surface area contributed by atoms with Crippen molar-refractivity contribution in [2.75, 3.05) is 19.1 Å². The van der Waals surface area contributed by atoms with E-state index in [0.29, 0.717) is 16.8 Å². The molecule has 1 aromatic rings. The SMILES string of the molecule is COC(=O)c1sc(N(C)C2CCCCC2C)nc1C. The van der Waals surface area contributed by atoms with Crippen LogP contribution in [0.2, 0.25) is 0 Å². The average molecular weight is 282 g/mol. The van der Waals surface area contributed by atoms with Gasteiger partial charge in [-0.3, -0.25) is 0 Å². The molecule has 2 atom stereocenters. The van der Waals surface area contributed by atoms with Crippen LogP contribution < -0.4 is 4.90 Å². The Balaban J connectivity index is 2.19. The second-order valence-electron chi connectivity index (χ2n) is 5.34. The lowest BCUT2D eigenvalue weighted by atomic mass is 9.85. The van der Waals surface area contributed by atoms with Crippen LogP contribution in [0.25, 0.3) is 0 Å². The van der Waals surface area contributed by atoms with Gasteiger partial charge in [0.15, 0.2) is 5.13 Å². The van der Waals surface area contributed by atoms with Crippen LogP contribution in [0.3, 0.4) is 0 Å². The zero-order chi connectivity index (χ0) is 14.0. The Morgan fingerprint density at radius 1 is 1.42 bits per heavy atom. The summed E-state index contributed by atoms with van der Waals surface area (Å²) in [5.74, 6) is 0.399. The monoisotopic (exact) mass is 282 g/mol. The maximum atomic E-state index is 11.6. The normalized spacial score (nSPS) is 23.2. The predicted octanol–water partition coefficient (Wildman–Crippen LogP) is 3.25. The van der Waals surface area contributed by atoms with Crippen LogP contribution >= 0.6 is 11.3 Å². The summed E-state index contributed by atoms with van der Waals surface area (Å²) in [7, 11) is 3.50. The number of methoxy groups -OCH3 is 1. The lowest BCUT2D eigenvalue weighted by Gasteiger charge is -2.36. The average Bonchev–Trinajstić information content (AvgIpc) is 2.80. The summed E-state index contributed by atoms with van der Waals surface area (Å²) in [6.07, 6.45) is 5.11. The van der Waals surface area contributed by atoms with Crippen LogP contribution in [0.4, 0.5) is 5.13 Å². The minimum Gasteiger partial charge on any atom is -0.465 e. The van der Waals surface area contributed by atoms with Crippen molar-refractivity contribution in [3.8, 4) is 0 Å². The first kappa shape index (κ1) is 14.3. The molecule has 1 aliphatic carbocycles. The molecule has 4 nitrogen and oxygen atoms in total. The molecule has 0 bridgehead atoms. The van der Waals surface area contributed by atoms with Crippen molar-refractivity contribution < 1.29 is 9.53 Å². The minimum absolute atomic E-state index is 0.286. The highest BCUT2D eigenvalue weighted by molar-refractivity contribution is 7.17. The fraction of sp³-hybridized carbons (Fsp3) is 0.714. The molecule has 1 saturated carbocycles. The van der Waals surface area contributed by atoms with Gasteiger partial charge < -0.3 is 9.64 Å². The predicted molar refractivity (Wildman–Crippen MR) is 78.0 cm³/mol. The molecule has 0 radical (unpaired) electrons. The number of aryl methyl sites for hydroxylation is 1. The number of esters is 1. The van der Waals surface area contributed by atoms with Gasteiger partial charge in [-0.05, 0) is 25.7 Å². The van der Waals surface area contributed by atoms with Crippen LogP contribution in [0.1, 0.15) is 48.0 Å². The van der Waals surface area contributed by atoms with Crippen molar-refractivity contribution in [1.82, 2.24) is 4.98 Å². The Labute approximate surface area is 118 Å². The van der Waals surface area contributed by atoms with Crippen molar-refractivity contribution in [2.24, 2.45) is 5.92 Å².